The summed E-state index contributed by atoms with van der Waals surface area (Å²) in [6, 6.07) is 15.9. The molecule has 0 saturated carbocycles. The van der Waals surface area contributed by atoms with E-state index in [2.05, 4.69) is 13.8 Å². The molecule has 0 aliphatic rings. The minimum atomic E-state index is -4.25. The van der Waals surface area contributed by atoms with Gasteiger partial charge in [0.15, 0.2) is 9.58 Å². The van der Waals surface area contributed by atoms with Gasteiger partial charge < -0.3 is 0 Å². The van der Waals surface area contributed by atoms with Crippen LogP contribution >= 0.6 is 10.5 Å². The molecule has 22 heavy (non-hydrogen) atoms. The Bertz CT molecular complexity index is 795. The highest BCUT2D eigenvalue weighted by Gasteiger charge is 2.48. The minimum Gasteiger partial charge on any atom is -0.118 e. The zero-order valence-corrected chi connectivity index (χ0v) is 13.1. The van der Waals surface area contributed by atoms with Gasteiger partial charge in [0, 0.05) is 17.0 Å². The van der Waals surface area contributed by atoms with Gasteiger partial charge in [-0.05, 0) is 35.7 Å². The lowest BCUT2D eigenvalue weighted by Crippen LogP contribution is -1.96. The van der Waals surface area contributed by atoms with Gasteiger partial charge in [-0.25, -0.2) is 0 Å². The Hall–Kier alpha value is -1.81. The summed E-state index contributed by atoms with van der Waals surface area (Å²) in [5, 5.41) is 0.672. The lowest BCUT2D eigenvalue weighted by molar-refractivity contribution is -0.0864. The van der Waals surface area contributed by atoms with Crippen LogP contribution in [0.25, 0.3) is 20.5 Å². The van der Waals surface area contributed by atoms with Crippen molar-refractivity contribution >= 4 is 20.6 Å². The number of thiophene rings is 1. The van der Waals surface area contributed by atoms with Gasteiger partial charge in [-0.1, -0.05) is 38.1 Å². The molecule has 0 N–H and O–H groups in total. The van der Waals surface area contributed by atoms with Crippen molar-refractivity contribution in [1.29, 1.82) is 0 Å². The normalized spacial score (nSPS) is 13.1. The van der Waals surface area contributed by atoms with E-state index < -0.39 is 16.0 Å². The van der Waals surface area contributed by atoms with Crippen molar-refractivity contribution in [2.75, 3.05) is 0 Å². The molecule has 0 amide bonds. The van der Waals surface area contributed by atoms with E-state index in [0.717, 1.165) is 5.56 Å². The van der Waals surface area contributed by atoms with Crippen LogP contribution in [0.2, 0.25) is 0 Å². The molecule has 0 radical (unpaired) electrons. The molecule has 0 aliphatic carbocycles. The molecule has 1 heterocycles. The Balaban J connectivity index is 2.22. The summed E-state index contributed by atoms with van der Waals surface area (Å²) in [5.74, 6) is 0.365. The first kappa shape index (κ1) is 15.1. The minimum absolute atomic E-state index is 0.365. The van der Waals surface area contributed by atoms with E-state index in [-0.39, 0.29) is 0 Å². The Morgan fingerprint density at radius 1 is 0.909 bits per heavy atom. The summed E-state index contributed by atoms with van der Waals surface area (Å²) in [6.45, 7) is 4.14. The molecule has 3 aromatic rings. The highest BCUT2D eigenvalue weighted by Crippen LogP contribution is 2.54. The smallest absolute Gasteiger partial charge is 0.118 e. The van der Waals surface area contributed by atoms with E-state index in [1.807, 2.05) is 12.1 Å². The van der Waals surface area contributed by atoms with Crippen LogP contribution in [0, 0.1) is 0 Å². The Morgan fingerprint density at radius 2 is 1.55 bits per heavy atom. The van der Waals surface area contributed by atoms with Crippen LogP contribution in [-0.2, 0) is 5.51 Å². The predicted molar refractivity (Wildman–Crippen MR) is 87.3 cm³/mol. The van der Waals surface area contributed by atoms with Gasteiger partial charge in [0.05, 0.1) is 0 Å². The van der Waals surface area contributed by atoms with Gasteiger partial charge in [0.1, 0.15) is 10.5 Å². The van der Waals surface area contributed by atoms with Gasteiger partial charge >= 0.3 is 5.51 Å². The molecule has 1 atom stereocenters. The van der Waals surface area contributed by atoms with Crippen molar-refractivity contribution in [2.24, 2.45) is 0 Å². The molecule has 3 rings (SSSR count). The molecule has 2 aromatic carbocycles. The summed E-state index contributed by atoms with van der Waals surface area (Å²) in [6.07, 6.45) is 0. The van der Waals surface area contributed by atoms with E-state index in [4.69, 9.17) is 0 Å². The summed E-state index contributed by atoms with van der Waals surface area (Å²) in [4.78, 5) is 0.365. The van der Waals surface area contributed by atoms with Gasteiger partial charge in [-0.2, -0.15) is 0 Å². The van der Waals surface area contributed by atoms with E-state index in [0.29, 0.717) is 26.4 Å². The second-order valence-electron chi connectivity index (χ2n) is 5.58. The fourth-order valence-corrected chi connectivity index (χ4v) is 4.52. The Kier molecular flexibility index (Phi) is 3.73. The summed E-state index contributed by atoms with van der Waals surface area (Å²) in [5.41, 5.74) is -2.47. The van der Waals surface area contributed by atoms with Gasteiger partial charge in [-0.3, -0.25) is 0 Å². The topological polar surface area (TPSA) is 0 Å². The average Bonchev–Trinajstić information content (AvgIpc) is 2.86. The van der Waals surface area contributed by atoms with Crippen molar-refractivity contribution in [3.63, 3.8) is 0 Å². The standard InChI is InChI=1S/C18H16F3S/c1-12(2)13-7-9-14(10-8-13)17-11-15-5-3-4-6-16(15)22(17)18(19,20)21/h3-12H,1-2H3/q+1. The molecule has 0 spiro atoms. The first-order valence-corrected chi connectivity index (χ1v) is 8.32. The van der Waals surface area contributed by atoms with Crippen LogP contribution in [0.1, 0.15) is 25.3 Å². The van der Waals surface area contributed by atoms with Crippen LogP contribution in [0.4, 0.5) is 13.2 Å². The van der Waals surface area contributed by atoms with Gasteiger partial charge in [0.25, 0.3) is 0 Å². The number of alkyl halides is 3. The van der Waals surface area contributed by atoms with Crippen molar-refractivity contribution in [3.05, 3.63) is 60.2 Å². The lowest BCUT2D eigenvalue weighted by atomic mass is 10.0. The number of halogens is 3. The molecular weight excluding hydrogens is 305 g/mol. The fourth-order valence-electron chi connectivity index (χ4n) is 2.59. The predicted octanol–water partition coefficient (Wildman–Crippen LogP) is 6.86. The zero-order chi connectivity index (χ0) is 15.9. The maximum Gasteiger partial charge on any atom is 0.601 e. The molecule has 0 aliphatic heterocycles. The van der Waals surface area contributed by atoms with Crippen LogP contribution < -0.4 is 0 Å². The third-order valence-corrected chi connectivity index (χ3v) is 5.81. The lowest BCUT2D eigenvalue weighted by Gasteiger charge is -2.05. The van der Waals surface area contributed by atoms with Crippen LogP contribution in [0.15, 0.2) is 54.6 Å². The zero-order valence-electron chi connectivity index (χ0n) is 12.3. The highest BCUT2D eigenvalue weighted by molar-refractivity contribution is 7.41. The van der Waals surface area contributed by atoms with E-state index >= 15 is 0 Å². The number of hydrogen-bond acceptors (Lipinski definition) is 0. The van der Waals surface area contributed by atoms with Crippen molar-refractivity contribution in [3.8, 4) is 10.4 Å². The first-order valence-electron chi connectivity index (χ1n) is 7.10. The van der Waals surface area contributed by atoms with Crippen LogP contribution in [0.3, 0.4) is 0 Å². The van der Waals surface area contributed by atoms with E-state index in [9.17, 15) is 13.2 Å². The van der Waals surface area contributed by atoms with Crippen LogP contribution in [-0.4, -0.2) is 0 Å². The fraction of sp³-hybridized carbons (Fsp3) is 0.222. The SMILES string of the molecule is CC(C)c1ccc(-c2cc3ccccc3[s+]2C(F)(F)F)cc1. The monoisotopic (exact) mass is 321 g/mol. The number of hydrogen-bond donors (Lipinski definition) is 0. The second kappa shape index (κ2) is 5.43. The summed E-state index contributed by atoms with van der Waals surface area (Å²) < 4.78 is 41.0. The number of fused-ring (bicyclic) bond motifs is 1. The summed E-state index contributed by atoms with van der Waals surface area (Å²) in [7, 11) is -1.86. The second-order valence-corrected chi connectivity index (χ2v) is 7.53. The van der Waals surface area contributed by atoms with Crippen molar-refractivity contribution in [2.45, 2.75) is 25.3 Å². The molecular formula is C18H16F3S+. The first-order chi connectivity index (χ1) is 10.4. The molecule has 0 fully saturated rings. The largest absolute Gasteiger partial charge is 0.601 e. The average molecular weight is 321 g/mol. The molecule has 1 aromatic heterocycles. The quantitative estimate of drug-likeness (QED) is 0.452. The van der Waals surface area contributed by atoms with Crippen molar-refractivity contribution in [1.82, 2.24) is 0 Å². The Labute approximate surface area is 130 Å². The van der Waals surface area contributed by atoms with E-state index in [1.54, 1.807) is 42.5 Å². The summed E-state index contributed by atoms with van der Waals surface area (Å²) >= 11 is 0. The third-order valence-electron chi connectivity index (χ3n) is 3.74. The maximum atomic E-state index is 13.6. The van der Waals surface area contributed by atoms with Gasteiger partial charge in [-0.15, -0.1) is 13.2 Å². The molecule has 1 unspecified atom stereocenters. The van der Waals surface area contributed by atoms with Gasteiger partial charge in [0.2, 0.25) is 0 Å². The molecule has 0 bridgehead atoms. The Morgan fingerprint density at radius 3 is 2.14 bits per heavy atom. The molecule has 0 nitrogen and oxygen atoms in total. The van der Waals surface area contributed by atoms with Crippen molar-refractivity contribution < 1.29 is 13.2 Å². The maximum absolute atomic E-state index is 13.6. The third kappa shape index (κ3) is 2.63. The molecule has 4 heteroatoms. The number of rotatable bonds is 2. The van der Waals surface area contributed by atoms with E-state index in [1.165, 1.54) is 0 Å². The molecule has 0 saturated heterocycles. The highest BCUT2D eigenvalue weighted by atomic mass is 32.2. The number of benzene rings is 2. The molecule has 114 valence electrons. The van der Waals surface area contributed by atoms with Crippen LogP contribution in [0.5, 0.6) is 0 Å².